The fourth-order valence-electron chi connectivity index (χ4n) is 3.85. The summed E-state index contributed by atoms with van der Waals surface area (Å²) in [4.78, 5) is 31.4. The Kier molecular flexibility index (Phi) is 6.74. The molecule has 2 aromatic carbocycles. The van der Waals surface area contributed by atoms with Gasteiger partial charge >= 0.3 is 18.2 Å². The summed E-state index contributed by atoms with van der Waals surface area (Å²) in [5, 5.41) is 11.8. The van der Waals surface area contributed by atoms with Crippen molar-refractivity contribution >= 4 is 17.7 Å². The molecule has 4 rings (SSSR count). The van der Waals surface area contributed by atoms with Crippen molar-refractivity contribution in [3.05, 3.63) is 107 Å². The number of hydrogen-bond donors (Lipinski definition) is 1. The van der Waals surface area contributed by atoms with Gasteiger partial charge in [-0.05, 0) is 48.9 Å². The Bertz CT molecular complexity index is 1360. The summed E-state index contributed by atoms with van der Waals surface area (Å²) in [7, 11) is 0. The summed E-state index contributed by atoms with van der Waals surface area (Å²) < 4.78 is 45.4. The van der Waals surface area contributed by atoms with E-state index in [4.69, 9.17) is 10.00 Å². The Hall–Kier alpha value is -4.65. The van der Waals surface area contributed by atoms with Gasteiger partial charge in [0.15, 0.2) is 0 Å². The first kappa shape index (κ1) is 24.5. The van der Waals surface area contributed by atoms with Gasteiger partial charge in [0.2, 0.25) is 0 Å². The smallest absolute Gasteiger partial charge is 0.416 e. The number of nitriles is 1. The number of benzene rings is 2. The van der Waals surface area contributed by atoms with Crippen LogP contribution in [-0.2, 0) is 22.3 Å². The summed E-state index contributed by atoms with van der Waals surface area (Å²) in [6, 6.07) is 14.2. The number of urea groups is 1. The number of ether oxygens (including phenoxy) is 1. The molecule has 1 aromatic heterocycles. The average molecular weight is 492 g/mol. The lowest BCUT2D eigenvalue weighted by Gasteiger charge is -2.35. The molecule has 2 heterocycles. The fourth-order valence-corrected chi connectivity index (χ4v) is 3.85. The number of allylic oxidation sites excluding steroid dienone is 1. The molecule has 0 fully saturated rings. The van der Waals surface area contributed by atoms with Crippen molar-refractivity contribution in [1.29, 1.82) is 5.26 Å². The Balaban J connectivity index is 1.77. The van der Waals surface area contributed by atoms with E-state index in [1.807, 2.05) is 6.07 Å². The van der Waals surface area contributed by atoms with E-state index in [9.17, 15) is 22.8 Å². The van der Waals surface area contributed by atoms with Gasteiger partial charge in [-0.1, -0.05) is 24.3 Å². The van der Waals surface area contributed by atoms with Crippen LogP contribution in [0.15, 0.2) is 84.3 Å². The number of halogens is 3. The third-order valence-electron chi connectivity index (χ3n) is 5.60. The lowest BCUT2D eigenvalue weighted by Crippen LogP contribution is -2.48. The standard InChI is InChI=1S/C26H19F3N4O3/c1-16-22(24(34)36-15-18-4-3-11-31-14-18)23(19-9-7-17(13-30)8-10-19)32-25(35)33(16)21-6-2-5-20(12-21)26(27,28)29/h2-12,14,23H,15H2,1H3,(H,32,35). The van der Waals surface area contributed by atoms with Crippen LogP contribution in [0, 0.1) is 11.3 Å². The number of pyridine rings is 1. The summed E-state index contributed by atoms with van der Waals surface area (Å²) in [6.45, 7) is 1.37. The molecule has 1 aliphatic rings. The molecule has 1 N–H and O–H groups in total. The number of nitrogens with zero attached hydrogens (tertiary/aromatic N) is 3. The number of aromatic nitrogens is 1. The molecule has 36 heavy (non-hydrogen) atoms. The van der Waals surface area contributed by atoms with E-state index < -0.39 is 29.8 Å². The minimum absolute atomic E-state index is 0.0422. The first-order chi connectivity index (χ1) is 17.2. The number of rotatable bonds is 5. The second kappa shape index (κ2) is 9.92. The van der Waals surface area contributed by atoms with Gasteiger partial charge in [-0.2, -0.15) is 18.4 Å². The minimum atomic E-state index is -4.61. The quantitative estimate of drug-likeness (QED) is 0.490. The van der Waals surface area contributed by atoms with Gasteiger partial charge in [0.25, 0.3) is 0 Å². The monoisotopic (exact) mass is 492 g/mol. The zero-order valence-electron chi connectivity index (χ0n) is 18.9. The Morgan fingerprint density at radius 3 is 2.56 bits per heavy atom. The molecule has 0 saturated heterocycles. The van der Waals surface area contributed by atoms with E-state index in [0.29, 0.717) is 16.7 Å². The highest BCUT2D eigenvalue weighted by Crippen LogP contribution is 2.37. The van der Waals surface area contributed by atoms with Crippen LogP contribution in [0.1, 0.15) is 35.2 Å². The summed E-state index contributed by atoms with van der Waals surface area (Å²) in [5.74, 6) is -0.761. The lowest BCUT2D eigenvalue weighted by atomic mass is 9.94. The van der Waals surface area contributed by atoms with Crippen molar-refractivity contribution < 1.29 is 27.5 Å². The van der Waals surface area contributed by atoms with E-state index in [-0.39, 0.29) is 23.6 Å². The maximum absolute atomic E-state index is 13.3. The van der Waals surface area contributed by atoms with Crippen LogP contribution >= 0.6 is 0 Å². The highest BCUT2D eigenvalue weighted by Gasteiger charge is 2.38. The van der Waals surface area contributed by atoms with Crippen molar-refractivity contribution in [2.45, 2.75) is 25.7 Å². The molecule has 0 saturated carbocycles. The highest BCUT2D eigenvalue weighted by atomic mass is 19.4. The number of nitrogens with one attached hydrogen (secondary N) is 1. The number of alkyl halides is 3. The van der Waals surface area contributed by atoms with Crippen LogP contribution in [0.2, 0.25) is 0 Å². The topological polar surface area (TPSA) is 95.3 Å². The summed E-state index contributed by atoms with van der Waals surface area (Å²) in [6.07, 6.45) is -1.51. The Morgan fingerprint density at radius 2 is 1.92 bits per heavy atom. The van der Waals surface area contributed by atoms with Crippen molar-refractivity contribution in [1.82, 2.24) is 10.3 Å². The van der Waals surface area contributed by atoms with Crippen molar-refractivity contribution in [2.24, 2.45) is 0 Å². The molecule has 2 amide bonds. The molecule has 1 unspecified atom stereocenters. The largest absolute Gasteiger partial charge is 0.457 e. The van der Waals surface area contributed by atoms with Crippen molar-refractivity contribution in [3.8, 4) is 6.07 Å². The van der Waals surface area contributed by atoms with E-state index in [1.54, 1.807) is 30.5 Å². The van der Waals surface area contributed by atoms with E-state index >= 15 is 0 Å². The molecular weight excluding hydrogens is 473 g/mol. The van der Waals surface area contributed by atoms with Crippen molar-refractivity contribution in [2.75, 3.05) is 4.90 Å². The third kappa shape index (κ3) is 5.05. The molecule has 0 spiro atoms. The Morgan fingerprint density at radius 1 is 1.17 bits per heavy atom. The van der Waals surface area contributed by atoms with E-state index in [1.165, 1.54) is 37.4 Å². The van der Waals surface area contributed by atoms with Gasteiger partial charge in [-0.25, -0.2) is 9.59 Å². The van der Waals surface area contributed by atoms with Crippen LogP contribution in [0.5, 0.6) is 0 Å². The SMILES string of the molecule is CC1=C(C(=O)OCc2cccnc2)C(c2ccc(C#N)cc2)NC(=O)N1c1cccc(C(F)(F)F)c1. The summed E-state index contributed by atoms with van der Waals surface area (Å²) in [5.41, 5.74) is 0.677. The summed E-state index contributed by atoms with van der Waals surface area (Å²) >= 11 is 0. The van der Waals surface area contributed by atoms with Crippen LogP contribution < -0.4 is 10.2 Å². The molecule has 7 nitrogen and oxygen atoms in total. The minimum Gasteiger partial charge on any atom is -0.457 e. The van der Waals surface area contributed by atoms with Gasteiger partial charge in [-0.3, -0.25) is 9.88 Å². The number of hydrogen-bond acceptors (Lipinski definition) is 5. The average Bonchev–Trinajstić information content (AvgIpc) is 2.87. The normalized spacial score (nSPS) is 15.8. The van der Waals surface area contributed by atoms with Crippen LogP contribution in [0.25, 0.3) is 0 Å². The number of esters is 1. The molecule has 10 heteroatoms. The predicted molar refractivity (Wildman–Crippen MR) is 123 cm³/mol. The lowest BCUT2D eigenvalue weighted by molar-refractivity contribution is -0.141. The van der Waals surface area contributed by atoms with Crippen LogP contribution in [0.4, 0.5) is 23.7 Å². The van der Waals surface area contributed by atoms with Gasteiger partial charge in [-0.15, -0.1) is 0 Å². The second-order valence-corrected chi connectivity index (χ2v) is 7.94. The second-order valence-electron chi connectivity index (χ2n) is 7.94. The maximum Gasteiger partial charge on any atom is 0.416 e. The number of anilines is 1. The molecule has 182 valence electrons. The van der Waals surface area contributed by atoms with Gasteiger partial charge < -0.3 is 10.1 Å². The third-order valence-corrected chi connectivity index (χ3v) is 5.60. The van der Waals surface area contributed by atoms with Gasteiger partial charge in [0.1, 0.15) is 6.61 Å². The molecule has 0 aliphatic carbocycles. The predicted octanol–water partition coefficient (Wildman–Crippen LogP) is 5.26. The molecule has 1 aliphatic heterocycles. The van der Waals surface area contributed by atoms with E-state index in [0.717, 1.165) is 17.0 Å². The molecule has 3 aromatic rings. The molecular formula is C26H19F3N4O3. The first-order valence-electron chi connectivity index (χ1n) is 10.7. The number of amides is 2. The number of carbonyl (C=O) groups excluding carboxylic acids is 2. The van der Waals surface area contributed by atoms with E-state index in [2.05, 4.69) is 10.3 Å². The van der Waals surface area contributed by atoms with Gasteiger partial charge in [0, 0.05) is 23.7 Å². The fraction of sp³-hybridized carbons (Fsp3) is 0.154. The van der Waals surface area contributed by atoms with Crippen molar-refractivity contribution in [3.63, 3.8) is 0 Å². The Labute approximate surface area is 204 Å². The number of carbonyl (C=O) groups is 2. The van der Waals surface area contributed by atoms with Crippen LogP contribution in [0.3, 0.4) is 0 Å². The zero-order chi connectivity index (χ0) is 25.9. The van der Waals surface area contributed by atoms with Crippen LogP contribution in [-0.4, -0.2) is 17.0 Å². The maximum atomic E-state index is 13.3. The molecule has 0 radical (unpaired) electrons. The molecule has 1 atom stereocenters. The van der Waals surface area contributed by atoms with Gasteiger partial charge in [0.05, 0.1) is 34.5 Å². The zero-order valence-corrected chi connectivity index (χ0v) is 18.9. The highest BCUT2D eigenvalue weighted by molar-refractivity contribution is 6.03. The molecule has 0 bridgehead atoms. The first-order valence-corrected chi connectivity index (χ1v) is 10.7.